The summed E-state index contributed by atoms with van der Waals surface area (Å²) < 4.78 is 1.94. The summed E-state index contributed by atoms with van der Waals surface area (Å²) in [6, 6.07) is 21.2. The normalized spacial score (nSPS) is 21.2. The van der Waals surface area contributed by atoms with Gasteiger partial charge >= 0.3 is 0 Å². The van der Waals surface area contributed by atoms with Crippen LogP contribution in [0.4, 0.5) is 11.6 Å². The first kappa shape index (κ1) is 29.4. The highest BCUT2D eigenvalue weighted by atomic mass is 32.2. The third-order valence-corrected chi connectivity index (χ3v) is 8.93. The van der Waals surface area contributed by atoms with Gasteiger partial charge < -0.3 is 10.2 Å². The van der Waals surface area contributed by atoms with Crippen molar-refractivity contribution in [3.63, 3.8) is 0 Å². The third kappa shape index (κ3) is 6.88. The fraction of sp³-hybridized carbons (Fsp3) is 0.500. The van der Waals surface area contributed by atoms with E-state index < -0.39 is 0 Å². The topological polar surface area (TPSA) is 61.4 Å². The molecule has 1 amide bonds. The van der Waals surface area contributed by atoms with E-state index in [1.165, 1.54) is 17.5 Å². The standard InChI is InChI=1S/C34H45N5OS/c1-23(2)21-38-27(25-12-9-8-10-13-25)18-16-24-20-34(6,7)37-31-26(17-19-28(35-31)33(3,4)5)32(40)39(22-24)41-30-15-11-14-29(38)36-30/h8-15,17,19,23-24,27H,16,18,20-22H2,1-7H3,(H,35,37). The molecule has 0 radical (unpaired) electrons. The quantitative estimate of drug-likeness (QED) is 0.320. The zero-order valence-electron chi connectivity index (χ0n) is 25.6. The number of fused-ring (bicyclic) bond motifs is 5. The number of amides is 1. The summed E-state index contributed by atoms with van der Waals surface area (Å²) in [5, 5.41) is 4.55. The number of nitrogens with zero attached hydrogens (tertiary/aromatic N) is 4. The Balaban J connectivity index is 1.61. The molecular formula is C34H45N5OS. The first-order valence-electron chi connectivity index (χ1n) is 15.0. The molecule has 3 aromatic rings. The fourth-order valence-corrected chi connectivity index (χ4v) is 7.07. The van der Waals surface area contributed by atoms with Gasteiger partial charge in [-0.25, -0.2) is 9.97 Å². The summed E-state index contributed by atoms with van der Waals surface area (Å²) in [6.45, 7) is 17.1. The largest absolute Gasteiger partial charge is 0.365 e. The van der Waals surface area contributed by atoms with Gasteiger partial charge in [-0.3, -0.25) is 9.10 Å². The van der Waals surface area contributed by atoms with Crippen LogP contribution in [0.2, 0.25) is 0 Å². The van der Waals surface area contributed by atoms with Crippen LogP contribution in [0.3, 0.4) is 0 Å². The lowest BCUT2D eigenvalue weighted by Gasteiger charge is -2.36. The number of hydrogen-bond donors (Lipinski definition) is 1. The molecule has 2 atom stereocenters. The number of rotatable bonds is 3. The van der Waals surface area contributed by atoms with Crippen LogP contribution in [0.25, 0.3) is 0 Å². The van der Waals surface area contributed by atoms with Gasteiger partial charge in [0.2, 0.25) is 0 Å². The van der Waals surface area contributed by atoms with Gasteiger partial charge in [0, 0.05) is 41.7 Å². The zero-order chi connectivity index (χ0) is 29.4. The second-order valence-electron chi connectivity index (χ2n) is 13.8. The highest BCUT2D eigenvalue weighted by Gasteiger charge is 2.35. The predicted octanol–water partition coefficient (Wildman–Crippen LogP) is 8.13. The summed E-state index contributed by atoms with van der Waals surface area (Å²) in [4.78, 5) is 26.9. The minimum Gasteiger partial charge on any atom is -0.365 e. The summed E-state index contributed by atoms with van der Waals surface area (Å²) in [5.41, 5.74) is 2.55. The Morgan fingerprint density at radius 1 is 1.00 bits per heavy atom. The maximum atomic E-state index is 14.3. The monoisotopic (exact) mass is 571 g/mol. The SMILES string of the molecule is CC(C)CN1c2cccc(n2)SN2CC(CCC1c1ccccc1)CC(C)(C)Nc1nc(C(C)(C)C)ccc1C2=O. The average Bonchev–Trinajstić information content (AvgIpc) is 2.92. The molecule has 1 N–H and O–H groups in total. The van der Waals surface area contributed by atoms with Gasteiger partial charge in [-0.1, -0.05) is 71.0 Å². The van der Waals surface area contributed by atoms with Crippen molar-refractivity contribution in [1.29, 1.82) is 0 Å². The maximum Gasteiger partial charge on any atom is 0.267 e. The van der Waals surface area contributed by atoms with E-state index in [4.69, 9.17) is 9.97 Å². The molecule has 2 aliphatic rings. The summed E-state index contributed by atoms with van der Waals surface area (Å²) in [7, 11) is 0. The number of hydrogen-bond acceptors (Lipinski definition) is 6. The Morgan fingerprint density at radius 2 is 1.76 bits per heavy atom. The van der Waals surface area contributed by atoms with E-state index in [9.17, 15) is 4.79 Å². The van der Waals surface area contributed by atoms with Gasteiger partial charge in [0.25, 0.3) is 5.91 Å². The molecule has 4 heterocycles. The number of nitrogens with one attached hydrogen (secondary N) is 1. The fourth-order valence-electron chi connectivity index (χ4n) is 6.10. The lowest BCUT2D eigenvalue weighted by atomic mass is 9.85. The molecule has 0 spiro atoms. The molecule has 1 aromatic carbocycles. The Labute approximate surface area is 250 Å². The highest BCUT2D eigenvalue weighted by Crippen LogP contribution is 2.39. The molecule has 0 saturated heterocycles. The van der Waals surface area contributed by atoms with Crippen molar-refractivity contribution < 1.29 is 4.79 Å². The molecule has 218 valence electrons. The molecule has 0 aliphatic carbocycles. The van der Waals surface area contributed by atoms with E-state index in [2.05, 4.69) is 101 Å². The smallest absolute Gasteiger partial charge is 0.267 e. The van der Waals surface area contributed by atoms with Crippen molar-refractivity contribution in [3.05, 3.63) is 77.5 Å². The molecule has 2 aliphatic heterocycles. The molecular weight excluding hydrogens is 526 g/mol. The van der Waals surface area contributed by atoms with E-state index in [-0.39, 0.29) is 22.9 Å². The van der Waals surface area contributed by atoms with Gasteiger partial charge in [0.1, 0.15) is 16.7 Å². The molecule has 2 unspecified atom stereocenters. The van der Waals surface area contributed by atoms with Gasteiger partial charge in [-0.15, -0.1) is 0 Å². The number of aromatic nitrogens is 2. The lowest BCUT2D eigenvalue weighted by Crippen LogP contribution is -2.37. The Bertz CT molecular complexity index is 1370. The van der Waals surface area contributed by atoms with Crippen molar-refractivity contribution in [3.8, 4) is 0 Å². The van der Waals surface area contributed by atoms with E-state index in [1.807, 2.05) is 22.5 Å². The molecule has 41 heavy (non-hydrogen) atoms. The van der Waals surface area contributed by atoms with Crippen LogP contribution in [0, 0.1) is 11.8 Å². The molecule has 2 aromatic heterocycles. The van der Waals surface area contributed by atoms with Crippen LogP contribution in [0.15, 0.2) is 65.7 Å². The lowest BCUT2D eigenvalue weighted by molar-refractivity contribution is 0.0853. The van der Waals surface area contributed by atoms with Crippen LogP contribution in [-0.4, -0.2) is 38.8 Å². The van der Waals surface area contributed by atoms with Crippen molar-refractivity contribution in [2.75, 3.05) is 23.3 Å². The molecule has 5 rings (SSSR count). The molecule has 0 fully saturated rings. The predicted molar refractivity (Wildman–Crippen MR) is 170 cm³/mol. The van der Waals surface area contributed by atoms with Gasteiger partial charge in [-0.05, 0) is 74.8 Å². The van der Waals surface area contributed by atoms with Crippen LogP contribution in [0.1, 0.15) is 95.4 Å². The Kier molecular flexibility index (Phi) is 8.38. The number of anilines is 2. The van der Waals surface area contributed by atoms with E-state index in [0.717, 1.165) is 42.3 Å². The van der Waals surface area contributed by atoms with Crippen LogP contribution < -0.4 is 10.2 Å². The van der Waals surface area contributed by atoms with Crippen LogP contribution in [-0.2, 0) is 5.41 Å². The number of carbonyl (C=O) groups is 1. The average molecular weight is 572 g/mol. The molecule has 7 heteroatoms. The van der Waals surface area contributed by atoms with Crippen LogP contribution >= 0.6 is 11.9 Å². The van der Waals surface area contributed by atoms with Crippen molar-refractivity contribution in [2.24, 2.45) is 11.8 Å². The number of benzene rings is 1. The first-order valence-corrected chi connectivity index (χ1v) is 15.8. The first-order chi connectivity index (χ1) is 19.4. The number of pyridine rings is 2. The van der Waals surface area contributed by atoms with Crippen LogP contribution in [0.5, 0.6) is 0 Å². The molecule has 6 nitrogen and oxygen atoms in total. The summed E-state index contributed by atoms with van der Waals surface area (Å²) in [6.07, 6.45) is 2.90. The minimum atomic E-state index is -0.236. The minimum absolute atomic E-state index is 0.0155. The summed E-state index contributed by atoms with van der Waals surface area (Å²) >= 11 is 1.46. The zero-order valence-corrected chi connectivity index (χ0v) is 26.5. The highest BCUT2D eigenvalue weighted by molar-refractivity contribution is 7.97. The van der Waals surface area contributed by atoms with Gasteiger partial charge in [0.05, 0.1) is 11.6 Å². The van der Waals surface area contributed by atoms with Gasteiger partial charge in [0.15, 0.2) is 0 Å². The summed E-state index contributed by atoms with van der Waals surface area (Å²) in [5.74, 6) is 2.41. The van der Waals surface area contributed by atoms with E-state index >= 15 is 0 Å². The molecule has 0 saturated carbocycles. The van der Waals surface area contributed by atoms with Crippen molar-refractivity contribution in [1.82, 2.24) is 14.3 Å². The second-order valence-corrected chi connectivity index (χ2v) is 14.8. The Morgan fingerprint density at radius 3 is 2.46 bits per heavy atom. The molecule has 4 bridgehead atoms. The van der Waals surface area contributed by atoms with E-state index in [0.29, 0.717) is 29.8 Å². The van der Waals surface area contributed by atoms with Gasteiger partial charge in [-0.2, -0.15) is 0 Å². The van der Waals surface area contributed by atoms with Crippen molar-refractivity contribution >= 4 is 29.5 Å². The maximum absolute atomic E-state index is 14.3. The Hall–Kier alpha value is -3.06. The van der Waals surface area contributed by atoms with Crippen molar-refractivity contribution in [2.45, 2.75) is 89.8 Å². The third-order valence-electron chi connectivity index (χ3n) is 7.98. The number of carbonyl (C=O) groups excluding carboxylic acids is 1. The van der Waals surface area contributed by atoms with E-state index in [1.54, 1.807) is 0 Å². The second kappa shape index (κ2) is 11.7.